The Bertz CT molecular complexity index is 1680. The predicted molar refractivity (Wildman–Crippen MR) is 156 cm³/mol. The first-order chi connectivity index (χ1) is 19.3. The molecule has 2 aliphatic rings. The lowest BCUT2D eigenvalue weighted by Crippen LogP contribution is -2.29. The lowest BCUT2D eigenvalue weighted by atomic mass is 9.94. The summed E-state index contributed by atoms with van der Waals surface area (Å²) in [5, 5.41) is 12.5. The third kappa shape index (κ3) is 4.71. The van der Waals surface area contributed by atoms with Crippen molar-refractivity contribution >= 4 is 55.7 Å². The molecule has 2 aliphatic heterocycles. The van der Waals surface area contributed by atoms with Crippen LogP contribution in [0.5, 0.6) is 11.5 Å². The van der Waals surface area contributed by atoms with Crippen molar-refractivity contribution in [1.29, 1.82) is 0 Å². The minimum atomic E-state index is -0.908. The number of ketones is 1. The average molecular weight is 575 g/mol. The van der Waals surface area contributed by atoms with Crippen molar-refractivity contribution in [2.24, 2.45) is 0 Å². The van der Waals surface area contributed by atoms with Gasteiger partial charge in [-0.15, -0.1) is 0 Å². The number of benzene rings is 3. The Morgan fingerprint density at radius 2 is 2.02 bits per heavy atom. The van der Waals surface area contributed by atoms with Gasteiger partial charge in [-0.05, 0) is 73.0 Å². The summed E-state index contributed by atoms with van der Waals surface area (Å²) in [6.07, 6.45) is 2.62. The van der Waals surface area contributed by atoms with E-state index in [1.807, 2.05) is 37.3 Å². The summed E-state index contributed by atoms with van der Waals surface area (Å²) in [5.74, 6) is -0.397. The van der Waals surface area contributed by atoms with Crippen LogP contribution in [0.1, 0.15) is 49.4 Å². The number of hydrogen-bond donors (Lipinski definition) is 1. The number of rotatable bonds is 7. The van der Waals surface area contributed by atoms with Gasteiger partial charge in [0.05, 0.1) is 28.4 Å². The van der Waals surface area contributed by atoms with Crippen LogP contribution in [0.3, 0.4) is 0 Å². The molecule has 0 bridgehead atoms. The van der Waals surface area contributed by atoms with Gasteiger partial charge in [-0.1, -0.05) is 48.4 Å². The number of aromatic nitrogens is 1. The summed E-state index contributed by atoms with van der Waals surface area (Å²) in [5.41, 5.74) is 2.68. The van der Waals surface area contributed by atoms with Crippen molar-refractivity contribution in [3.8, 4) is 11.5 Å². The molecule has 0 saturated carbocycles. The first-order valence-electron chi connectivity index (χ1n) is 13.2. The number of halogens is 1. The second-order valence-electron chi connectivity index (χ2n) is 10.0. The van der Waals surface area contributed by atoms with Gasteiger partial charge < -0.3 is 14.6 Å². The number of carbonyl (C=O) groups is 2. The van der Waals surface area contributed by atoms with Crippen molar-refractivity contribution < 1.29 is 24.2 Å². The molecule has 1 saturated heterocycles. The fourth-order valence-corrected chi connectivity index (χ4v) is 6.44. The summed E-state index contributed by atoms with van der Waals surface area (Å²) in [6, 6.07) is 17.0. The zero-order valence-electron chi connectivity index (χ0n) is 22.0. The second kappa shape index (κ2) is 10.6. The molecule has 7 nitrogen and oxygen atoms in total. The van der Waals surface area contributed by atoms with Gasteiger partial charge in [-0.2, -0.15) is 0 Å². The van der Waals surface area contributed by atoms with Crippen molar-refractivity contribution in [1.82, 2.24) is 4.98 Å². The number of Topliss-reactive ketones (excluding diaryl/α,β-unsaturated/α-hetero) is 1. The van der Waals surface area contributed by atoms with Gasteiger partial charge in [0.2, 0.25) is 0 Å². The van der Waals surface area contributed by atoms with E-state index < -0.39 is 17.7 Å². The Kier molecular flexibility index (Phi) is 6.98. The van der Waals surface area contributed by atoms with Crippen LogP contribution in [0, 0.1) is 0 Å². The fourth-order valence-electron chi connectivity index (χ4n) is 5.17. The number of unbranched alkanes of at least 4 members (excludes halogenated alkanes) is 1. The van der Waals surface area contributed by atoms with Crippen LogP contribution >= 0.6 is 22.9 Å². The molecular formula is C31H27ClN2O5S. The smallest absolute Gasteiger partial charge is 0.301 e. The number of hydrogen-bond acceptors (Lipinski definition) is 7. The van der Waals surface area contributed by atoms with Crippen LogP contribution < -0.4 is 14.4 Å². The van der Waals surface area contributed by atoms with Gasteiger partial charge in [0.25, 0.3) is 5.78 Å². The molecule has 1 fully saturated rings. The second-order valence-corrected chi connectivity index (χ2v) is 11.5. The molecule has 204 valence electrons. The Hall–Kier alpha value is -3.88. The molecule has 40 heavy (non-hydrogen) atoms. The Balaban J connectivity index is 1.50. The first kappa shape index (κ1) is 26.3. The van der Waals surface area contributed by atoms with E-state index in [0.29, 0.717) is 45.6 Å². The van der Waals surface area contributed by atoms with Crippen LogP contribution in [0.4, 0.5) is 5.13 Å². The number of aliphatic hydroxyl groups is 1. The first-order valence-corrected chi connectivity index (χ1v) is 14.4. The van der Waals surface area contributed by atoms with Gasteiger partial charge in [0.1, 0.15) is 23.4 Å². The summed E-state index contributed by atoms with van der Waals surface area (Å²) in [7, 11) is 0. The minimum absolute atomic E-state index is 0.0000829. The third-order valence-corrected chi connectivity index (χ3v) is 8.35. The molecule has 1 aromatic heterocycles. The Morgan fingerprint density at radius 1 is 1.18 bits per heavy atom. The van der Waals surface area contributed by atoms with Crippen molar-refractivity contribution in [3.63, 3.8) is 0 Å². The molecule has 4 aromatic rings. The molecule has 2 atom stereocenters. The summed E-state index contributed by atoms with van der Waals surface area (Å²) < 4.78 is 12.5. The van der Waals surface area contributed by atoms with Gasteiger partial charge >= 0.3 is 5.91 Å². The third-order valence-electron chi connectivity index (χ3n) is 7.10. The molecule has 9 heteroatoms. The number of fused-ring (bicyclic) bond motifs is 2. The SMILES string of the molecule is CCCCOc1cccc([C@@H]2C(=C(O)c3ccc4c(c3)C[C@H](C)O4)C(=O)C(=O)N2c2nc3ccc(Cl)cc3s2)c1. The van der Waals surface area contributed by atoms with Gasteiger partial charge in [-0.25, -0.2) is 4.98 Å². The number of carbonyl (C=O) groups excluding carboxylic acids is 2. The van der Waals surface area contributed by atoms with E-state index in [9.17, 15) is 14.7 Å². The molecule has 0 radical (unpaired) electrons. The predicted octanol–water partition coefficient (Wildman–Crippen LogP) is 7.08. The number of thiazole rings is 1. The minimum Gasteiger partial charge on any atom is -0.507 e. The maximum absolute atomic E-state index is 13.6. The fraction of sp³-hybridized carbons (Fsp3) is 0.258. The Morgan fingerprint density at radius 3 is 2.85 bits per heavy atom. The summed E-state index contributed by atoms with van der Waals surface area (Å²) in [4.78, 5) is 33.3. The normalized spacial score (nSPS) is 19.7. The van der Waals surface area contributed by atoms with E-state index in [1.54, 1.807) is 30.3 Å². The number of nitrogens with zero attached hydrogens (tertiary/aromatic N) is 2. The lowest BCUT2D eigenvalue weighted by Gasteiger charge is -2.23. The highest BCUT2D eigenvalue weighted by Gasteiger charge is 2.48. The highest BCUT2D eigenvalue weighted by atomic mass is 35.5. The van der Waals surface area contributed by atoms with E-state index >= 15 is 0 Å². The monoisotopic (exact) mass is 574 g/mol. The van der Waals surface area contributed by atoms with Crippen molar-refractivity contribution in [3.05, 3.63) is 87.9 Å². The molecule has 1 N–H and O–H groups in total. The highest BCUT2D eigenvalue weighted by molar-refractivity contribution is 7.22. The maximum atomic E-state index is 13.6. The maximum Gasteiger partial charge on any atom is 0.301 e. The molecular weight excluding hydrogens is 548 g/mol. The summed E-state index contributed by atoms with van der Waals surface area (Å²) in [6.45, 7) is 4.62. The van der Waals surface area contributed by atoms with Crippen molar-refractivity contribution in [2.45, 2.75) is 45.3 Å². The Labute approximate surface area is 240 Å². The van der Waals surface area contributed by atoms with Crippen LogP contribution in [-0.4, -0.2) is 34.5 Å². The van der Waals surface area contributed by atoms with Gasteiger partial charge in [0.15, 0.2) is 5.13 Å². The van der Waals surface area contributed by atoms with Gasteiger partial charge in [0, 0.05) is 17.0 Å². The summed E-state index contributed by atoms with van der Waals surface area (Å²) >= 11 is 7.46. The standard InChI is InChI=1S/C31H27ClN2O5S/c1-3-4-12-38-22-7-5-6-18(15-22)27-26(28(35)19-8-11-24-20(14-19)13-17(2)39-24)29(36)30(37)34(27)31-33-23-10-9-21(32)16-25(23)40-31/h5-11,14-17,27,35H,3-4,12-13H2,1-2H3/t17-,27+/m0/s1. The number of anilines is 1. The van der Waals surface area contributed by atoms with Crippen molar-refractivity contribution in [2.75, 3.05) is 11.5 Å². The van der Waals surface area contributed by atoms with E-state index in [4.69, 9.17) is 21.1 Å². The molecule has 3 aromatic carbocycles. The zero-order valence-corrected chi connectivity index (χ0v) is 23.6. The average Bonchev–Trinajstić information content (AvgIpc) is 3.60. The molecule has 0 unspecified atom stereocenters. The molecule has 3 heterocycles. The van der Waals surface area contributed by atoms with Gasteiger partial charge in [-0.3, -0.25) is 14.5 Å². The van der Waals surface area contributed by atoms with E-state index in [-0.39, 0.29) is 17.4 Å². The van der Waals surface area contributed by atoms with Crippen LogP contribution in [0.2, 0.25) is 5.02 Å². The largest absolute Gasteiger partial charge is 0.507 e. The lowest BCUT2D eigenvalue weighted by molar-refractivity contribution is -0.132. The highest BCUT2D eigenvalue weighted by Crippen LogP contribution is 2.45. The molecule has 6 rings (SSSR count). The van der Waals surface area contributed by atoms with E-state index in [1.165, 1.54) is 16.2 Å². The van der Waals surface area contributed by atoms with Crippen LogP contribution in [0.25, 0.3) is 16.0 Å². The number of ether oxygens (including phenoxy) is 2. The van der Waals surface area contributed by atoms with E-state index in [0.717, 1.165) is 28.9 Å². The molecule has 0 spiro atoms. The zero-order chi connectivity index (χ0) is 28.0. The quantitative estimate of drug-likeness (QED) is 0.110. The number of aliphatic hydroxyl groups excluding tert-OH is 1. The van der Waals surface area contributed by atoms with Crippen LogP contribution in [0.15, 0.2) is 66.2 Å². The topological polar surface area (TPSA) is 89.0 Å². The van der Waals surface area contributed by atoms with E-state index in [2.05, 4.69) is 11.9 Å². The molecule has 1 amide bonds. The number of amides is 1. The molecule has 0 aliphatic carbocycles. The van der Waals surface area contributed by atoms with Crippen LogP contribution in [-0.2, 0) is 16.0 Å².